The van der Waals surface area contributed by atoms with Crippen LogP contribution in [-0.4, -0.2) is 41.4 Å². The Morgan fingerprint density at radius 1 is 1.37 bits per heavy atom. The average Bonchev–Trinajstić information content (AvgIpc) is 2.71. The van der Waals surface area contributed by atoms with E-state index >= 15 is 0 Å². The maximum Gasteiger partial charge on any atom is 0.408 e. The first-order valence-corrected chi connectivity index (χ1v) is 6.22. The lowest BCUT2D eigenvalue weighted by Gasteiger charge is -2.23. The number of hydrogen-bond acceptors (Lipinski definition) is 4. The van der Waals surface area contributed by atoms with Crippen molar-refractivity contribution in [3.05, 3.63) is 11.4 Å². The first kappa shape index (κ1) is 14.3. The first-order chi connectivity index (χ1) is 9.01. The zero-order valence-corrected chi connectivity index (χ0v) is 10.7. The predicted molar refractivity (Wildman–Crippen MR) is 61.6 cm³/mol. The van der Waals surface area contributed by atoms with Crippen LogP contribution in [0.25, 0.3) is 0 Å². The minimum absolute atomic E-state index is 0.0365. The van der Waals surface area contributed by atoms with Gasteiger partial charge >= 0.3 is 6.18 Å². The summed E-state index contributed by atoms with van der Waals surface area (Å²) in [5, 5.41) is 10.4. The van der Waals surface area contributed by atoms with Crippen molar-refractivity contribution >= 4 is 0 Å². The number of halogens is 3. The van der Waals surface area contributed by atoms with Crippen LogP contribution in [0.4, 0.5) is 13.2 Å². The first-order valence-electron chi connectivity index (χ1n) is 6.22. The molecule has 0 atom stereocenters. The Kier molecular flexibility index (Phi) is 4.41. The highest BCUT2D eigenvalue weighted by molar-refractivity contribution is 5.16. The Morgan fingerprint density at radius 2 is 2.05 bits per heavy atom. The molecule has 1 aliphatic rings. The number of aromatic nitrogens is 3. The second-order valence-corrected chi connectivity index (χ2v) is 4.61. The molecule has 1 aliphatic heterocycles. The van der Waals surface area contributed by atoms with Crippen LogP contribution in [0.3, 0.4) is 0 Å². The van der Waals surface area contributed by atoms with E-state index in [0.29, 0.717) is 44.0 Å². The molecule has 8 heteroatoms. The van der Waals surface area contributed by atoms with Gasteiger partial charge < -0.3 is 10.1 Å². The van der Waals surface area contributed by atoms with Crippen molar-refractivity contribution in [2.45, 2.75) is 38.0 Å². The zero-order valence-electron chi connectivity index (χ0n) is 10.7. The van der Waals surface area contributed by atoms with Crippen LogP contribution in [0.2, 0.25) is 0 Å². The van der Waals surface area contributed by atoms with Gasteiger partial charge in [0.2, 0.25) is 0 Å². The van der Waals surface area contributed by atoms with Crippen LogP contribution in [0, 0.1) is 0 Å². The number of nitrogens with one attached hydrogen (secondary N) is 1. The molecule has 1 N–H and O–H groups in total. The second kappa shape index (κ2) is 5.87. The van der Waals surface area contributed by atoms with E-state index in [0.717, 1.165) is 4.68 Å². The summed E-state index contributed by atoms with van der Waals surface area (Å²) in [5.41, 5.74) is 1.19. The number of alkyl halides is 3. The molecule has 0 bridgehead atoms. The summed E-state index contributed by atoms with van der Waals surface area (Å²) in [7, 11) is 1.73. The third-order valence-corrected chi connectivity index (χ3v) is 3.13. The Labute approximate surface area is 109 Å². The summed E-state index contributed by atoms with van der Waals surface area (Å²) < 4.78 is 43.9. The van der Waals surface area contributed by atoms with Crippen molar-refractivity contribution in [3.8, 4) is 0 Å². The topological polar surface area (TPSA) is 52.0 Å². The fourth-order valence-electron chi connectivity index (χ4n) is 2.35. The number of nitrogens with zero attached hydrogens (tertiary/aromatic N) is 3. The normalized spacial score (nSPS) is 17.9. The molecule has 5 nitrogen and oxygen atoms in total. The molecule has 19 heavy (non-hydrogen) atoms. The van der Waals surface area contributed by atoms with Crippen molar-refractivity contribution in [2.75, 3.05) is 20.3 Å². The number of rotatable bonds is 4. The molecule has 1 aromatic heterocycles. The molecule has 0 aromatic carbocycles. The molecule has 0 unspecified atom stereocenters. The van der Waals surface area contributed by atoms with Gasteiger partial charge in [-0.25, -0.2) is 4.68 Å². The molecule has 1 fully saturated rings. The summed E-state index contributed by atoms with van der Waals surface area (Å²) >= 11 is 0. The molecular formula is C11H17F3N4O. The number of hydrogen-bond donors (Lipinski definition) is 1. The van der Waals surface area contributed by atoms with Gasteiger partial charge in [-0.1, -0.05) is 5.21 Å². The van der Waals surface area contributed by atoms with Gasteiger partial charge in [-0.3, -0.25) is 0 Å². The van der Waals surface area contributed by atoms with Gasteiger partial charge in [-0.15, -0.1) is 5.10 Å². The third kappa shape index (κ3) is 3.66. The van der Waals surface area contributed by atoms with Gasteiger partial charge in [0, 0.05) is 25.7 Å². The molecule has 0 aliphatic carbocycles. The molecule has 0 spiro atoms. The van der Waals surface area contributed by atoms with Gasteiger partial charge in [0.05, 0.1) is 11.4 Å². The van der Waals surface area contributed by atoms with E-state index in [1.807, 2.05) is 0 Å². The van der Waals surface area contributed by atoms with Gasteiger partial charge in [-0.2, -0.15) is 13.2 Å². The Balaban J connectivity index is 2.26. The minimum Gasteiger partial charge on any atom is -0.381 e. The van der Waals surface area contributed by atoms with Gasteiger partial charge in [0.15, 0.2) is 0 Å². The SMILES string of the molecule is CNCc1nnn(CC(F)(F)F)c1C1CCOCC1. The maximum atomic E-state index is 12.6. The molecule has 1 saturated heterocycles. The summed E-state index contributed by atoms with van der Waals surface area (Å²) in [5.74, 6) is 0.0365. The van der Waals surface area contributed by atoms with Crippen molar-refractivity contribution in [3.63, 3.8) is 0 Å². The van der Waals surface area contributed by atoms with Gasteiger partial charge in [-0.05, 0) is 19.9 Å². The molecule has 0 amide bonds. The standard InChI is InChI=1S/C11H17F3N4O/c1-15-6-9-10(8-2-4-19-5-3-8)18(17-16-9)7-11(12,13)14/h8,15H,2-7H2,1H3. The van der Waals surface area contributed by atoms with E-state index in [-0.39, 0.29) is 5.92 Å². The summed E-state index contributed by atoms with van der Waals surface area (Å²) in [6.45, 7) is 0.475. The van der Waals surface area contributed by atoms with Crippen LogP contribution < -0.4 is 5.32 Å². The molecule has 2 heterocycles. The highest BCUT2D eigenvalue weighted by Crippen LogP contribution is 2.30. The quantitative estimate of drug-likeness (QED) is 0.906. The van der Waals surface area contributed by atoms with Gasteiger partial charge in [0.1, 0.15) is 6.54 Å². The third-order valence-electron chi connectivity index (χ3n) is 3.13. The Morgan fingerprint density at radius 3 is 2.63 bits per heavy atom. The van der Waals surface area contributed by atoms with E-state index in [2.05, 4.69) is 15.6 Å². The van der Waals surface area contributed by atoms with Crippen molar-refractivity contribution in [1.29, 1.82) is 0 Å². The second-order valence-electron chi connectivity index (χ2n) is 4.61. The zero-order chi connectivity index (χ0) is 13.9. The maximum absolute atomic E-state index is 12.6. The lowest BCUT2D eigenvalue weighted by atomic mass is 9.94. The average molecular weight is 278 g/mol. The predicted octanol–water partition coefficient (Wildman–Crippen LogP) is 1.45. The molecule has 2 rings (SSSR count). The van der Waals surface area contributed by atoms with Gasteiger partial charge in [0.25, 0.3) is 0 Å². The summed E-state index contributed by atoms with van der Waals surface area (Å²) in [6.07, 6.45) is -2.87. The highest BCUT2D eigenvalue weighted by atomic mass is 19.4. The molecule has 108 valence electrons. The lowest BCUT2D eigenvalue weighted by molar-refractivity contribution is -0.143. The minimum atomic E-state index is -4.29. The molecule has 0 radical (unpaired) electrons. The Hall–Kier alpha value is -1.15. The van der Waals surface area contributed by atoms with E-state index < -0.39 is 12.7 Å². The van der Waals surface area contributed by atoms with E-state index in [4.69, 9.17) is 4.74 Å². The monoisotopic (exact) mass is 278 g/mol. The van der Waals surface area contributed by atoms with Crippen molar-refractivity contribution in [1.82, 2.24) is 20.3 Å². The number of ether oxygens (including phenoxy) is 1. The fourth-order valence-corrected chi connectivity index (χ4v) is 2.35. The van der Waals surface area contributed by atoms with Crippen LogP contribution in [0.15, 0.2) is 0 Å². The Bertz CT molecular complexity index is 413. The fraction of sp³-hybridized carbons (Fsp3) is 0.818. The van der Waals surface area contributed by atoms with Crippen LogP contribution in [0.1, 0.15) is 30.1 Å². The summed E-state index contributed by atoms with van der Waals surface area (Å²) in [4.78, 5) is 0. The van der Waals surface area contributed by atoms with Crippen LogP contribution in [-0.2, 0) is 17.8 Å². The molecule has 0 saturated carbocycles. The van der Waals surface area contributed by atoms with E-state index in [1.54, 1.807) is 7.05 Å². The van der Waals surface area contributed by atoms with E-state index in [1.165, 1.54) is 0 Å². The van der Waals surface area contributed by atoms with Crippen molar-refractivity contribution in [2.24, 2.45) is 0 Å². The lowest BCUT2D eigenvalue weighted by Crippen LogP contribution is -2.25. The largest absolute Gasteiger partial charge is 0.408 e. The smallest absolute Gasteiger partial charge is 0.381 e. The molecular weight excluding hydrogens is 261 g/mol. The van der Waals surface area contributed by atoms with Crippen molar-refractivity contribution < 1.29 is 17.9 Å². The summed E-state index contributed by atoms with van der Waals surface area (Å²) in [6, 6.07) is 0. The van der Waals surface area contributed by atoms with Crippen LogP contribution in [0.5, 0.6) is 0 Å². The molecule has 1 aromatic rings. The highest BCUT2D eigenvalue weighted by Gasteiger charge is 2.33. The van der Waals surface area contributed by atoms with Crippen LogP contribution >= 0.6 is 0 Å². The van der Waals surface area contributed by atoms with E-state index in [9.17, 15) is 13.2 Å².